The molecule has 0 saturated heterocycles. The van der Waals surface area contributed by atoms with E-state index in [1.165, 1.54) is 36.1 Å². The molecule has 1 aromatic carbocycles. The first-order chi connectivity index (χ1) is 8.29. The van der Waals surface area contributed by atoms with Crippen LogP contribution >= 0.6 is 11.3 Å². The number of nitrogens with zero attached hydrogens (tertiary/aromatic N) is 1. The van der Waals surface area contributed by atoms with Crippen LogP contribution in [0.5, 0.6) is 0 Å². The fraction of sp³-hybridized carbons (Fsp3) is 0.500. The predicted molar refractivity (Wildman–Crippen MR) is 76.8 cm³/mol. The van der Waals surface area contributed by atoms with Gasteiger partial charge in [-0.25, -0.2) is 4.98 Å². The monoisotopic (exact) mass is 248 g/mol. The molecule has 2 rings (SSSR count). The van der Waals surface area contributed by atoms with Crippen molar-refractivity contribution in [1.82, 2.24) is 4.98 Å². The van der Waals surface area contributed by atoms with Gasteiger partial charge < -0.3 is 5.32 Å². The van der Waals surface area contributed by atoms with Crippen LogP contribution in [0.4, 0.5) is 5.69 Å². The number of thiazole rings is 1. The number of rotatable bonds is 6. The molecule has 0 saturated carbocycles. The SMILES string of the molecule is CCCCCC(C)Nc1ccc2ncsc2c1. The van der Waals surface area contributed by atoms with Gasteiger partial charge >= 0.3 is 0 Å². The van der Waals surface area contributed by atoms with Crippen LogP contribution < -0.4 is 5.32 Å². The third-order valence-electron chi connectivity index (χ3n) is 2.99. The summed E-state index contributed by atoms with van der Waals surface area (Å²) in [7, 11) is 0. The fourth-order valence-electron chi connectivity index (χ4n) is 2.00. The Morgan fingerprint density at radius 1 is 1.35 bits per heavy atom. The average Bonchev–Trinajstić information content (AvgIpc) is 2.76. The van der Waals surface area contributed by atoms with Gasteiger partial charge in [-0.1, -0.05) is 26.2 Å². The van der Waals surface area contributed by atoms with Gasteiger partial charge in [0.25, 0.3) is 0 Å². The highest BCUT2D eigenvalue weighted by molar-refractivity contribution is 7.16. The van der Waals surface area contributed by atoms with E-state index in [0.717, 1.165) is 5.52 Å². The summed E-state index contributed by atoms with van der Waals surface area (Å²) in [5, 5.41) is 3.56. The molecule has 3 heteroatoms. The normalized spacial score (nSPS) is 12.8. The predicted octanol–water partition coefficient (Wildman–Crippen LogP) is 4.68. The molecule has 0 bridgehead atoms. The minimum absolute atomic E-state index is 0.548. The largest absolute Gasteiger partial charge is 0.383 e. The molecule has 1 unspecified atom stereocenters. The zero-order chi connectivity index (χ0) is 12.1. The van der Waals surface area contributed by atoms with Crippen molar-refractivity contribution in [2.24, 2.45) is 0 Å². The fourth-order valence-corrected chi connectivity index (χ4v) is 2.72. The van der Waals surface area contributed by atoms with Gasteiger partial charge in [0.1, 0.15) is 0 Å². The van der Waals surface area contributed by atoms with Gasteiger partial charge in [0.2, 0.25) is 0 Å². The molecule has 1 atom stereocenters. The number of benzene rings is 1. The summed E-state index contributed by atoms with van der Waals surface area (Å²) in [4.78, 5) is 4.29. The molecule has 17 heavy (non-hydrogen) atoms. The molecule has 1 heterocycles. The first-order valence-corrected chi connectivity index (χ1v) is 7.27. The molecule has 0 aliphatic heterocycles. The summed E-state index contributed by atoms with van der Waals surface area (Å²) < 4.78 is 1.26. The summed E-state index contributed by atoms with van der Waals surface area (Å²) >= 11 is 1.70. The van der Waals surface area contributed by atoms with E-state index in [1.807, 2.05) is 5.51 Å². The van der Waals surface area contributed by atoms with Gasteiger partial charge in [-0.2, -0.15) is 0 Å². The molecule has 1 aromatic heterocycles. The topological polar surface area (TPSA) is 24.9 Å². The number of hydrogen-bond donors (Lipinski definition) is 1. The summed E-state index contributed by atoms with van der Waals surface area (Å²) in [6, 6.07) is 6.96. The zero-order valence-electron chi connectivity index (χ0n) is 10.6. The second-order valence-electron chi connectivity index (χ2n) is 4.58. The van der Waals surface area contributed by atoms with Crippen LogP contribution in [0, 0.1) is 0 Å². The van der Waals surface area contributed by atoms with Crippen LogP contribution in [-0.4, -0.2) is 11.0 Å². The van der Waals surface area contributed by atoms with E-state index in [1.54, 1.807) is 11.3 Å². The van der Waals surface area contributed by atoms with E-state index in [-0.39, 0.29) is 0 Å². The maximum Gasteiger partial charge on any atom is 0.0813 e. The molecule has 2 aromatic rings. The van der Waals surface area contributed by atoms with E-state index >= 15 is 0 Å². The van der Waals surface area contributed by atoms with Gasteiger partial charge in [-0.3, -0.25) is 0 Å². The molecule has 0 spiro atoms. The van der Waals surface area contributed by atoms with Crippen LogP contribution in [0.1, 0.15) is 39.5 Å². The first-order valence-electron chi connectivity index (χ1n) is 6.39. The highest BCUT2D eigenvalue weighted by atomic mass is 32.1. The Morgan fingerprint density at radius 2 is 2.24 bits per heavy atom. The number of fused-ring (bicyclic) bond motifs is 1. The second kappa shape index (κ2) is 6.01. The Morgan fingerprint density at radius 3 is 3.06 bits per heavy atom. The molecule has 2 nitrogen and oxygen atoms in total. The van der Waals surface area contributed by atoms with Crippen molar-refractivity contribution < 1.29 is 0 Å². The maximum absolute atomic E-state index is 4.29. The van der Waals surface area contributed by atoms with Gasteiger partial charge in [0.05, 0.1) is 15.7 Å². The quantitative estimate of drug-likeness (QED) is 0.751. The molecule has 0 fully saturated rings. The average molecular weight is 248 g/mol. The van der Waals surface area contributed by atoms with E-state index in [0.29, 0.717) is 6.04 Å². The van der Waals surface area contributed by atoms with Gasteiger partial charge in [0.15, 0.2) is 0 Å². The smallest absolute Gasteiger partial charge is 0.0813 e. The number of aromatic nitrogens is 1. The standard InChI is InChI=1S/C14H20N2S/c1-3-4-5-6-11(2)16-12-7-8-13-14(9-12)17-10-15-13/h7-11,16H,3-6H2,1-2H3. The second-order valence-corrected chi connectivity index (χ2v) is 5.46. The maximum atomic E-state index is 4.29. The van der Waals surface area contributed by atoms with Crippen molar-refractivity contribution >= 4 is 27.2 Å². The third kappa shape index (κ3) is 3.43. The van der Waals surface area contributed by atoms with Gasteiger partial charge in [0, 0.05) is 11.7 Å². The van der Waals surface area contributed by atoms with Crippen LogP contribution in [0.2, 0.25) is 0 Å². The summed E-state index contributed by atoms with van der Waals surface area (Å²) in [6.07, 6.45) is 5.18. The lowest BCUT2D eigenvalue weighted by atomic mass is 10.1. The Labute approximate surface area is 107 Å². The van der Waals surface area contributed by atoms with Crippen molar-refractivity contribution in [2.45, 2.75) is 45.6 Å². The minimum atomic E-state index is 0.548. The van der Waals surface area contributed by atoms with Crippen LogP contribution in [-0.2, 0) is 0 Å². The van der Waals surface area contributed by atoms with Crippen LogP contribution in [0.25, 0.3) is 10.2 Å². The summed E-state index contributed by atoms with van der Waals surface area (Å²) in [5.41, 5.74) is 4.21. The lowest BCUT2D eigenvalue weighted by Gasteiger charge is -2.14. The first kappa shape index (κ1) is 12.4. The molecule has 1 N–H and O–H groups in total. The zero-order valence-corrected chi connectivity index (χ0v) is 11.4. The minimum Gasteiger partial charge on any atom is -0.383 e. The molecular formula is C14H20N2S. The highest BCUT2D eigenvalue weighted by Crippen LogP contribution is 2.22. The van der Waals surface area contributed by atoms with Crippen molar-refractivity contribution in [2.75, 3.05) is 5.32 Å². The molecule has 0 aliphatic rings. The Bertz CT molecular complexity index is 464. The number of hydrogen-bond acceptors (Lipinski definition) is 3. The van der Waals surface area contributed by atoms with Crippen molar-refractivity contribution in [3.05, 3.63) is 23.7 Å². The van der Waals surface area contributed by atoms with Gasteiger partial charge in [-0.15, -0.1) is 11.3 Å². The van der Waals surface area contributed by atoms with Crippen LogP contribution in [0.3, 0.4) is 0 Å². The van der Waals surface area contributed by atoms with E-state index in [2.05, 4.69) is 42.3 Å². The van der Waals surface area contributed by atoms with E-state index in [4.69, 9.17) is 0 Å². The van der Waals surface area contributed by atoms with Gasteiger partial charge in [-0.05, 0) is 31.5 Å². The number of unbranched alkanes of at least 4 members (excludes halogenated alkanes) is 2. The number of nitrogens with one attached hydrogen (secondary N) is 1. The third-order valence-corrected chi connectivity index (χ3v) is 3.78. The van der Waals surface area contributed by atoms with E-state index < -0.39 is 0 Å². The van der Waals surface area contributed by atoms with Crippen molar-refractivity contribution in [3.8, 4) is 0 Å². The van der Waals surface area contributed by atoms with Crippen molar-refractivity contribution in [1.29, 1.82) is 0 Å². The Balaban J connectivity index is 1.93. The number of anilines is 1. The highest BCUT2D eigenvalue weighted by Gasteiger charge is 2.03. The molecular weight excluding hydrogens is 228 g/mol. The van der Waals surface area contributed by atoms with Crippen LogP contribution in [0.15, 0.2) is 23.7 Å². The lowest BCUT2D eigenvalue weighted by molar-refractivity contribution is 0.615. The lowest BCUT2D eigenvalue weighted by Crippen LogP contribution is -2.14. The van der Waals surface area contributed by atoms with E-state index in [9.17, 15) is 0 Å². The summed E-state index contributed by atoms with van der Waals surface area (Å²) in [6.45, 7) is 4.50. The van der Waals surface area contributed by atoms with Crippen molar-refractivity contribution in [3.63, 3.8) is 0 Å². The molecule has 0 radical (unpaired) electrons. The molecule has 92 valence electrons. The Hall–Kier alpha value is -1.09. The summed E-state index contributed by atoms with van der Waals surface area (Å²) in [5.74, 6) is 0. The Kier molecular flexibility index (Phi) is 4.37. The molecule has 0 aliphatic carbocycles. The molecule has 0 amide bonds.